The molecule has 1 aliphatic heterocycles. The fraction of sp³-hybridized carbons (Fsp3) is 0.118. The summed E-state index contributed by atoms with van der Waals surface area (Å²) in [7, 11) is 0. The number of aromatic hydroxyl groups is 1. The Morgan fingerprint density at radius 3 is 2.45 bits per heavy atom. The van der Waals surface area contributed by atoms with Crippen LogP contribution in [-0.2, 0) is 0 Å². The fourth-order valence-corrected chi connectivity index (χ4v) is 2.19. The fourth-order valence-electron chi connectivity index (χ4n) is 2.19. The lowest BCUT2D eigenvalue weighted by Crippen LogP contribution is -1.97. The molecule has 2 aromatic carbocycles. The first-order valence-corrected chi connectivity index (χ1v) is 6.40. The van der Waals surface area contributed by atoms with Crippen molar-refractivity contribution in [1.29, 1.82) is 0 Å². The van der Waals surface area contributed by atoms with Crippen molar-refractivity contribution in [2.24, 2.45) is 0 Å². The van der Waals surface area contributed by atoms with Gasteiger partial charge in [-0.1, -0.05) is 29.8 Å². The number of benzene rings is 2. The van der Waals surface area contributed by atoms with E-state index in [4.69, 9.17) is 4.74 Å². The van der Waals surface area contributed by atoms with Crippen molar-refractivity contribution >= 4 is 11.9 Å². The molecule has 0 atom stereocenters. The third-order valence-corrected chi connectivity index (χ3v) is 3.43. The molecule has 1 aliphatic rings. The van der Waals surface area contributed by atoms with Gasteiger partial charge in [0, 0.05) is 5.56 Å². The van der Waals surface area contributed by atoms with Crippen molar-refractivity contribution in [3.63, 3.8) is 0 Å². The van der Waals surface area contributed by atoms with E-state index in [0.29, 0.717) is 16.9 Å². The summed E-state index contributed by atoms with van der Waals surface area (Å²) in [4.78, 5) is 12.3. The lowest BCUT2D eigenvalue weighted by atomic mass is 10.1. The lowest BCUT2D eigenvalue weighted by Gasteiger charge is -2.04. The molecule has 20 heavy (non-hydrogen) atoms. The van der Waals surface area contributed by atoms with Crippen LogP contribution in [0.1, 0.15) is 27.0 Å². The molecule has 0 radical (unpaired) electrons. The van der Waals surface area contributed by atoms with Crippen LogP contribution < -0.4 is 4.74 Å². The Morgan fingerprint density at radius 1 is 1.05 bits per heavy atom. The SMILES string of the molecule is Cc1ccc(/C=C2\Oc3c(ccc(O)c3C)C2=O)cc1. The van der Waals surface area contributed by atoms with E-state index in [2.05, 4.69) is 0 Å². The van der Waals surface area contributed by atoms with Gasteiger partial charge in [0.1, 0.15) is 11.5 Å². The number of allylic oxidation sites excluding steroid dienone is 1. The van der Waals surface area contributed by atoms with Gasteiger partial charge in [0.15, 0.2) is 5.76 Å². The molecule has 0 saturated heterocycles. The number of hydrogen-bond acceptors (Lipinski definition) is 3. The van der Waals surface area contributed by atoms with Crippen LogP contribution in [0.2, 0.25) is 0 Å². The summed E-state index contributed by atoms with van der Waals surface area (Å²) in [5.74, 6) is 0.725. The van der Waals surface area contributed by atoms with Crippen molar-refractivity contribution in [3.05, 3.63) is 64.4 Å². The Hall–Kier alpha value is -2.55. The van der Waals surface area contributed by atoms with Crippen LogP contribution in [0.25, 0.3) is 6.08 Å². The minimum absolute atomic E-state index is 0.133. The van der Waals surface area contributed by atoms with Crippen LogP contribution in [0.5, 0.6) is 11.5 Å². The van der Waals surface area contributed by atoms with Crippen molar-refractivity contribution in [2.45, 2.75) is 13.8 Å². The van der Waals surface area contributed by atoms with Crippen LogP contribution in [0.15, 0.2) is 42.2 Å². The predicted molar refractivity (Wildman–Crippen MR) is 77.0 cm³/mol. The Morgan fingerprint density at radius 2 is 1.75 bits per heavy atom. The van der Waals surface area contributed by atoms with Crippen LogP contribution in [0, 0.1) is 13.8 Å². The summed E-state index contributed by atoms with van der Waals surface area (Å²) in [5, 5.41) is 9.67. The van der Waals surface area contributed by atoms with Gasteiger partial charge in [-0.25, -0.2) is 0 Å². The van der Waals surface area contributed by atoms with E-state index < -0.39 is 0 Å². The van der Waals surface area contributed by atoms with E-state index in [9.17, 15) is 9.90 Å². The maximum atomic E-state index is 12.3. The molecule has 0 amide bonds. The molecule has 2 aromatic rings. The second kappa shape index (κ2) is 4.53. The molecule has 3 rings (SSSR count). The zero-order valence-electron chi connectivity index (χ0n) is 11.3. The Bertz CT molecular complexity index is 725. The van der Waals surface area contributed by atoms with E-state index in [1.165, 1.54) is 6.07 Å². The first-order chi connectivity index (χ1) is 9.56. The molecule has 1 N–H and O–H groups in total. The molecule has 3 heteroatoms. The molecule has 1 heterocycles. The van der Waals surface area contributed by atoms with Crippen molar-refractivity contribution in [1.82, 2.24) is 0 Å². The zero-order chi connectivity index (χ0) is 14.3. The molecule has 0 fully saturated rings. The number of phenols is 1. The summed E-state index contributed by atoms with van der Waals surface area (Å²) in [6, 6.07) is 10.9. The molecule has 100 valence electrons. The average Bonchev–Trinajstić information content (AvgIpc) is 2.75. The number of carbonyl (C=O) groups excluding carboxylic acids is 1. The standard InChI is InChI=1S/C17H14O3/c1-10-3-5-12(6-4-10)9-15-16(19)13-7-8-14(18)11(2)17(13)20-15/h3-9,18H,1-2H3/b15-9-. The molecular weight excluding hydrogens is 252 g/mol. The smallest absolute Gasteiger partial charge is 0.231 e. The topological polar surface area (TPSA) is 46.5 Å². The number of ether oxygens (including phenoxy) is 1. The second-order valence-electron chi connectivity index (χ2n) is 4.94. The highest BCUT2D eigenvalue weighted by atomic mass is 16.5. The predicted octanol–water partition coefficient (Wildman–Crippen LogP) is 3.63. The first kappa shape index (κ1) is 12.5. The number of Topliss-reactive ketones (excluding diaryl/α,β-unsaturated/α-hetero) is 1. The number of hydrogen-bond donors (Lipinski definition) is 1. The molecule has 0 saturated carbocycles. The first-order valence-electron chi connectivity index (χ1n) is 6.40. The average molecular weight is 266 g/mol. The van der Waals surface area contributed by atoms with E-state index in [1.54, 1.807) is 19.1 Å². The van der Waals surface area contributed by atoms with E-state index in [-0.39, 0.29) is 17.3 Å². The number of ketones is 1. The van der Waals surface area contributed by atoms with Gasteiger partial charge in [0.05, 0.1) is 5.56 Å². The van der Waals surface area contributed by atoms with E-state index >= 15 is 0 Å². The normalized spacial score (nSPS) is 15.3. The zero-order valence-corrected chi connectivity index (χ0v) is 11.3. The maximum Gasteiger partial charge on any atom is 0.231 e. The molecule has 0 unspecified atom stereocenters. The Balaban J connectivity index is 2.01. The lowest BCUT2D eigenvalue weighted by molar-refractivity contribution is 0.101. The third kappa shape index (κ3) is 1.97. The minimum Gasteiger partial charge on any atom is -0.508 e. The number of rotatable bonds is 1. The highest BCUT2D eigenvalue weighted by molar-refractivity contribution is 6.14. The number of phenolic OH excluding ortho intramolecular Hbond substituents is 1. The molecule has 0 aromatic heterocycles. The summed E-state index contributed by atoms with van der Waals surface area (Å²) in [5.41, 5.74) is 3.16. The Kier molecular flexibility index (Phi) is 2.83. The third-order valence-electron chi connectivity index (χ3n) is 3.43. The minimum atomic E-state index is -0.149. The van der Waals surface area contributed by atoms with E-state index in [0.717, 1.165) is 11.1 Å². The number of carbonyl (C=O) groups is 1. The number of fused-ring (bicyclic) bond motifs is 1. The molecule has 0 spiro atoms. The molecular formula is C17H14O3. The monoisotopic (exact) mass is 266 g/mol. The quantitative estimate of drug-likeness (QED) is 0.802. The second-order valence-corrected chi connectivity index (χ2v) is 4.94. The van der Waals surface area contributed by atoms with Crippen LogP contribution in [0.4, 0.5) is 0 Å². The van der Waals surface area contributed by atoms with Gasteiger partial charge in [-0.2, -0.15) is 0 Å². The van der Waals surface area contributed by atoms with Gasteiger partial charge in [-0.3, -0.25) is 4.79 Å². The highest BCUT2D eigenvalue weighted by Gasteiger charge is 2.29. The van der Waals surface area contributed by atoms with Crippen LogP contribution in [0.3, 0.4) is 0 Å². The number of aryl methyl sites for hydroxylation is 1. The van der Waals surface area contributed by atoms with Gasteiger partial charge in [-0.05, 0) is 37.6 Å². The summed E-state index contributed by atoms with van der Waals surface area (Å²) in [6.07, 6.45) is 1.72. The van der Waals surface area contributed by atoms with Crippen molar-refractivity contribution < 1.29 is 14.6 Å². The summed E-state index contributed by atoms with van der Waals surface area (Å²) >= 11 is 0. The van der Waals surface area contributed by atoms with Gasteiger partial charge in [-0.15, -0.1) is 0 Å². The largest absolute Gasteiger partial charge is 0.508 e. The van der Waals surface area contributed by atoms with Gasteiger partial charge < -0.3 is 9.84 Å². The Labute approximate surface area is 117 Å². The van der Waals surface area contributed by atoms with Crippen LogP contribution >= 0.6 is 0 Å². The van der Waals surface area contributed by atoms with Gasteiger partial charge in [0.25, 0.3) is 0 Å². The van der Waals surface area contributed by atoms with Crippen molar-refractivity contribution in [3.8, 4) is 11.5 Å². The van der Waals surface area contributed by atoms with Gasteiger partial charge in [0.2, 0.25) is 5.78 Å². The molecule has 0 bridgehead atoms. The summed E-state index contributed by atoms with van der Waals surface area (Å²) < 4.78 is 5.62. The highest BCUT2D eigenvalue weighted by Crippen LogP contribution is 2.38. The van der Waals surface area contributed by atoms with Crippen LogP contribution in [-0.4, -0.2) is 10.9 Å². The van der Waals surface area contributed by atoms with Crippen molar-refractivity contribution in [2.75, 3.05) is 0 Å². The van der Waals surface area contributed by atoms with Gasteiger partial charge >= 0.3 is 0 Å². The molecule has 0 aliphatic carbocycles. The maximum absolute atomic E-state index is 12.3. The summed E-state index contributed by atoms with van der Waals surface area (Å²) in [6.45, 7) is 3.74. The molecule has 3 nitrogen and oxygen atoms in total. The van der Waals surface area contributed by atoms with E-state index in [1.807, 2.05) is 31.2 Å².